The summed E-state index contributed by atoms with van der Waals surface area (Å²) in [6.07, 6.45) is 2.36. The fraction of sp³-hybridized carbons (Fsp3) is 0.333. The number of amides is 1. The summed E-state index contributed by atoms with van der Waals surface area (Å²) < 4.78 is 2.24. The smallest absolute Gasteiger partial charge is 0.325 e. The van der Waals surface area contributed by atoms with Gasteiger partial charge in [0, 0.05) is 10.4 Å². The summed E-state index contributed by atoms with van der Waals surface area (Å²) in [6.45, 7) is 0.00862. The lowest BCUT2D eigenvalue weighted by Gasteiger charge is -2.03. The highest BCUT2D eigenvalue weighted by molar-refractivity contribution is 9.10. The monoisotopic (exact) mass is 378 g/mol. The van der Waals surface area contributed by atoms with Crippen LogP contribution >= 0.6 is 15.9 Å². The minimum Gasteiger partial charge on any atom is -0.480 e. The van der Waals surface area contributed by atoms with Crippen LogP contribution in [-0.4, -0.2) is 32.0 Å². The Kier molecular flexibility index (Phi) is 4.42. The molecule has 2 atom stereocenters. The van der Waals surface area contributed by atoms with Crippen molar-refractivity contribution in [1.29, 1.82) is 0 Å². The molecule has 120 valence electrons. The molecule has 0 spiro atoms. The Labute approximate surface area is 140 Å². The summed E-state index contributed by atoms with van der Waals surface area (Å²) in [6, 6.07) is 7.99. The topological polar surface area (TPSA) is 97.1 Å². The molecule has 2 N–H and O–H groups in total. The van der Waals surface area contributed by atoms with Crippen LogP contribution in [0.4, 0.5) is 0 Å². The third-order valence-corrected chi connectivity index (χ3v) is 4.22. The van der Waals surface area contributed by atoms with Gasteiger partial charge < -0.3 is 10.4 Å². The SMILES string of the molecule is O=C(O)Cn1cc(CNC(=O)C2CC2c2cccc(Br)c2)nn1. The maximum atomic E-state index is 12.2. The van der Waals surface area contributed by atoms with Crippen molar-refractivity contribution < 1.29 is 14.7 Å². The van der Waals surface area contributed by atoms with E-state index in [9.17, 15) is 9.59 Å². The zero-order valence-electron chi connectivity index (χ0n) is 12.1. The van der Waals surface area contributed by atoms with Gasteiger partial charge in [0.05, 0.1) is 12.7 Å². The number of hydrogen-bond donors (Lipinski definition) is 2. The molecular weight excluding hydrogens is 364 g/mol. The average Bonchev–Trinajstić information content (AvgIpc) is 3.19. The number of aliphatic carboxylic acids is 1. The zero-order valence-corrected chi connectivity index (χ0v) is 13.7. The van der Waals surface area contributed by atoms with Gasteiger partial charge in [0.1, 0.15) is 12.2 Å². The first-order valence-corrected chi connectivity index (χ1v) is 7.96. The largest absolute Gasteiger partial charge is 0.480 e. The van der Waals surface area contributed by atoms with Crippen LogP contribution < -0.4 is 5.32 Å². The van der Waals surface area contributed by atoms with Gasteiger partial charge in [-0.25, -0.2) is 4.68 Å². The molecular formula is C15H15BrN4O3. The lowest BCUT2D eigenvalue weighted by atomic mass is 10.1. The van der Waals surface area contributed by atoms with E-state index in [0.717, 1.165) is 16.5 Å². The first-order valence-electron chi connectivity index (χ1n) is 7.17. The van der Waals surface area contributed by atoms with E-state index in [2.05, 4.69) is 31.6 Å². The van der Waals surface area contributed by atoms with Gasteiger partial charge in [-0.05, 0) is 30.0 Å². The van der Waals surface area contributed by atoms with Gasteiger partial charge in [-0.1, -0.05) is 33.3 Å². The number of aromatic nitrogens is 3. The number of rotatable bonds is 6. The van der Waals surface area contributed by atoms with E-state index in [1.54, 1.807) is 0 Å². The van der Waals surface area contributed by atoms with E-state index in [0.29, 0.717) is 5.69 Å². The third-order valence-electron chi connectivity index (χ3n) is 3.73. The van der Waals surface area contributed by atoms with E-state index in [1.807, 2.05) is 24.3 Å². The number of carbonyl (C=O) groups excluding carboxylic acids is 1. The van der Waals surface area contributed by atoms with Crippen molar-refractivity contribution in [2.75, 3.05) is 0 Å². The molecule has 1 aliphatic carbocycles. The highest BCUT2D eigenvalue weighted by atomic mass is 79.9. The molecule has 3 rings (SSSR count). The minimum atomic E-state index is -0.986. The second kappa shape index (κ2) is 6.49. The van der Waals surface area contributed by atoms with E-state index in [-0.39, 0.29) is 30.8 Å². The third kappa shape index (κ3) is 3.95. The maximum Gasteiger partial charge on any atom is 0.325 e. The van der Waals surface area contributed by atoms with Crippen molar-refractivity contribution in [3.63, 3.8) is 0 Å². The first-order chi connectivity index (χ1) is 11.0. The Bertz CT molecular complexity index is 746. The fourth-order valence-corrected chi connectivity index (χ4v) is 2.95. The standard InChI is InChI=1S/C15H15BrN4O3/c16-10-3-1-2-9(4-10)12-5-13(12)15(23)17-6-11-7-20(19-18-11)8-14(21)22/h1-4,7,12-13H,5-6,8H2,(H,17,23)(H,21,22). The quantitative estimate of drug-likeness (QED) is 0.794. The zero-order chi connectivity index (χ0) is 16.4. The predicted molar refractivity (Wildman–Crippen MR) is 84.5 cm³/mol. The van der Waals surface area contributed by atoms with E-state index in [1.165, 1.54) is 10.9 Å². The summed E-state index contributed by atoms with van der Waals surface area (Å²) in [5.41, 5.74) is 1.70. The van der Waals surface area contributed by atoms with Crippen LogP contribution in [0.2, 0.25) is 0 Å². The Morgan fingerprint density at radius 1 is 1.43 bits per heavy atom. The van der Waals surface area contributed by atoms with Crippen LogP contribution in [0.3, 0.4) is 0 Å². The van der Waals surface area contributed by atoms with E-state index < -0.39 is 5.97 Å². The molecule has 1 aromatic carbocycles. The molecule has 0 radical (unpaired) electrons. The molecule has 1 aliphatic rings. The molecule has 1 heterocycles. The number of carbonyl (C=O) groups is 2. The minimum absolute atomic E-state index is 0.0113. The second-order valence-corrected chi connectivity index (χ2v) is 6.44. The Balaban J connectivity index is 1.51. The number of benzene rings is 1. The van der Waals surface area contributed by atoms with Gasteiger partial charge in [-0.3, -0.25) is 9.59 Å². The number of halogens is 1. The summed E-state index contributed by atoms with van der Waals surface area (Å²) in [4.78, 5) is 22.7. The molecule has 0 bridgehead atoms. The molecule has 0 saturated heterocycles. The molecule has 1 aromatic heterocycles. The molecule has 7 nitrogen and oxygen atoms in total. The normalized spacial score (nSPS) is 19.3. The van der Waals surface area contributed by atoms with Crippen LogP contribution in [0, 0.1) is 5.92 Å². The lowest BCUT2D eigenvalue weighted by molar-refractivity contribution is -0.138. The lowest BCUT2D eigenvalue weighted by Crippen LogP contribution is -2.25. The van der Waals surface area contributed by atoms with E-state index in [4.69, 9.17) is 5.11 Å². The van der Waals surface area contributed by atoms with Crippen molar-refractivity contribution in [2.24, 2.45) is 5.92 Å². The van der Waals surface area contributed by atoms with Gasteiger partial charge in [0.25, 0.3) is 0 Å². The maximum absolute atomic E-state index is 12.2. The first kappa shape index (κ1) is 15.7. The second-order valence-electron chi connectivity index (χ2n) is 5.52. The number of nitrogens with one attached hydrogen (secondary N) is 1. The van der Waals surface area contributed by atoms with Crippen molar-refractivity contribution in [3.05, 3.63) is 46.2 Å². The van der Waals surface area contributed by atoms with Crippen LogP contribution in [0.5, 0.6) is 0 Å². The molecule has 2 unspecified atom stereocenters. The molecule has 1 amide bonds. The highest BCUT2D eigenvalue weighted by Gasteiger charge is 2.43. The van der Waals surface area contributed by atoms with Crippen molar-refractivity contribution in [3.8, 4) is 0 Å². The van der Waals surface area contributed by atoms with Crippen molar-refractivity contribution in [2.45, 2.75) is 25.4 Å². The van der Waals surface area contributed by atoms with Gasteiger partial charge in [-0.15, -0.1) is 5.10 Å². The summed E-state index contributed by atoms with van der Waals surface area (Å²) in [5, 5.41) is 19.0. The molecule has 2 aromatic rings. The molecule has 23 heavy (non-hydrogen) atoms. The van der Waals surface area contributed by atoms with Crippen LogP contribution in [0.1, 0.15) is 23.6 Å². The fourth-order valence-electron chi connectivity index (χ4n) is 2.53. The van der Waals surface area contributed by atoms with Crippen molar-refractivity contribution >= 4 is 27.8 Å². The number of hydrogen-bond acceptors (Lipinski definition) is 4. The molecule has 1 fully saturated rings. The van der Waals surface area contributed by atoms with E-state index >= 15 is 0 Å². The van der Waals surface area contributed by atoms with Crippen LogP contribution in [0.25, 0.3) is 0 Å². The van der Waals surface area contributed by atoms with Gasteiger partial charge in [0.15, 0.2) is 0 Å². The molecule has 0 aliphatic heterocycles. The number of carboxylic acid groups (broad SMARTS) is 1. The van der Waals surface area contributed by atoms with Gasteiger partial charge >= 0.3 is 5.97 Å². The Morgan fingerprint density at radius 3 is 3.00 bits per heavy atom. The highest BCUT2D eigenvalue weighted by Crippen LogP contribution is 2.47. The predicted octanol–water partition coefficient (Wildman–Crippen LogP) is 1.55. The Hall–Kier alpha value is -2.22. The van der Waals surface area contributed by atoms with Gasteiger partial charge in [-0.2, -0.15) is 0 Å². The van der Waals surface area contributed by atoms with Crippen LogP contribution in [-0.2, 0) is 22.7 Å². The van der Waals surface area contributed by atoms with Gasteiger partial charge in [0.2, 0.25) is 5.91 Å². The summed E-state index contributed by atoms with van der Waals surface area (Å²) in [7, 11) is 0. The number of carboxylic acids is 1. The average molecular weight is 379 g/mol. The van der Waals surface area contributed by atoms with Crippen molar-refractivity contribution in [1.82, 2.24) is 20.3 Å². The van der Waals surface area contributed by atoms with Crippen LogP contribution in [0.15, 0.2) is 34.9 Å². The summed E-state index contributed by atoms with van der Waals surface area (Å²) in [5.74, 6) is -0.753. The molecule has 1 saturated carbocycles. The number of nitrogens with zero attached hydrogens (tertiary/aromatic N) is 3. The summed E-state index contributed by atoms with van der Waals surface area (Å²) >= 11 is 3.44. The molecule has 8 heteroatoms. The Morgan fingerprint density at radius 2 is 2.26 bits per heavy atom.